The third kappa shape index (κ3) is 1.71. The Morgan fingerprint density at radius 1 is 1.20 bits per heavy atom. The van der Waals surface area contributed by atoms with Crippen LogP contribution in [0.25, 0.3) is 10.2 Å². The van der Waals surface area contributed by atoms with Crippen LogP contribution in [-0.4, -0.2) is 4.98 Å². The summed E-state index contributed by atoms with van der Waals surface area (Å²) >= 11 is 1.09. The molecule has 0 aliphatic rings. The maximum Gasteiger partial charge on any atom is 0.418 e. The molecule has 0 spiro atoms. The fourth-order valence-electron chi connectivity index (χ4n) is 1.55. The molecule has 0 N–H and O–H groups in total. The van der Waals surface area contributed by atoms with Gasteiger partial charge in [0.1, 0.15) is 0 Å². The van der Waals surface area contributed by atoms with Gasteiger partial charge < -0.3 is 0 Å². The molecule has 0 radical (unpaired) electrons. The van der Waals surface area contributed by atoms with Gasteiger partial charge in [-0.15, -0.1) is 11.3 Å². The van der Waals surface area contributed by atoms with Crippen molar-refractivity contribution in [1.29, 1.82) is 0 Å². The maximum atomic E-state index is 12.8. The number of thiazole rings is 1. The summed E-state index contributed by atoms with van der Waals surface area (Å²) in [4.78, 5) is 4.05. The average Bonchev–Trinajstić information content (AvgIpc) is 2.41. The largest absolute Gasteiger partial charge is 0.418 e. The van der Waals surface area contributed by atoms with Gasteiger partial charge in [0.25, 0.3) is 0 Å². The first-order valence-corrected chi connectivity index (χ1v) is 5.15. The van der Waals surface area contributed by atoms with Crippen LogP contribution in [0.15, 0.2) is 12.1 Å². The third-order valence-electron chi connectivity index (χ3n) is 2.16. The lowest BCUT2D eigenvalue weighted by Gasteiger charge is -2.10. The van der Waals surface area contributed by atoms with Crippen molar-refractivity contribution < 1.29 is 13.2 Å². The molecule has 2 rings (SSSR count). The topological polar surface area (TPSA) is 12.9 Å². The number of aromatic nitrogens is 1. The monoisotopic (exact) mass is 231 g/mol. The summed E-state index contributed by atoms with van der Waals surface area (Å²) in [7, 11) is 0. The van der Waals surface area contributed by atoms with E-state index in [0.717, 1.165) is 11.3 Å². The van der Waals surface area contributed by atoms with Crippen LogP contribution in [0.4, 0.5) is 13.2 Å². The number of hydrogen-bond donors (Lipinski definition) is 0. The van der Waals surface area contributed by atoms with E-state index in [0.29, 0.717) is 10.5 Å². The second-order valence-electron chi connectivity index (χ2n) is 3.34. The van der Waals surface area contributed by atoms with E-state index in [9.17, 15) is 13.2 Å². The Morgan fingerprint density at radius 2 is 1.87 bits per heavy atom. The van der Waals surface area contributed by atoms with E-state index in [1.54, 1.807) is 13.0 Å². The van der Waals surface area contributed by atoms with Crippen molar-refractivity contribution in [3.8, 4) is 0 Å². The molecule has 0 atom stereocenters. The zero-order chi connectivity index (χ0) is 11.2. The first kappa shape index (κ1) is 10.4. The quantitative estimate of drug-likeness (QED) is 0.669. The van der Waals surface area contributed by atoms with E-state index in [1.807, 2.05) is 0 Å². The number of nitrogens with zero attached hydrogens (tertiary/aromatic N) is 1. The van der Waals surface area contributed by atoms with E-state index in [1.165, 1.54) is 13.0 Å². The van der Waals surface area contributed by atoms with Gasteiger partial charge in [-0.3, -0.25) is 0 Å². The van der Waals surface area contributed by atoms with Gasteiger partial charge in [-0.1, -0.05) is 6.07 Å². The van der Waals surface area contributed by atoms with Crippen LogP contribution in [0, 0.1) is 13.8 Å². The van der Waals surface area contributed by atoms with Gasteiger partial charge in [-0.25, -0.2) is 4.98 Å². The number of alkyl halides is 3. The second-order valence-corrected chi connectivity index (χ2v) is 4.54. The molecule has 1 aromatic heterocycles. The molecule has 80 valence electrons. The second kappa shape index (κ2) is 3.20. The van der Waals surface area contributed by atoms with Gasteiger partial charge >= 0.3 is 6.18 Å². The zero-order valence-corrected chi connectivity index (χ0v) is 8.96. The highest BCUT2D eigenvalue weighted by Crippen LogP contribution is 2.39. The number of hydrogen-bond acceptors (Lipinski definition) is 2. The van der Waals surface area contributed by atoms with Crippen molar-refractivity contribution in [2.75, 3.05) is 0 Å². The highest BCUT2D eigenvalue weighted by Gasteiger charge is 2.35. The smallest absolute Gasteiger partial charge is 0.241 e. The number of benzene rings is 1. The Labute approximate surface area is 88.6 Å². The molecule has 1 heterocycles. The molecule has 0 saturated heterocycles. The number of rotatable bonds is 0. The Kier molecular flexibility index (Phi) is 2.22. The van der Waals surface area contributed by atoms with E-state index < -0.39 is 11.7 Å². The first-order valence-electron chi connectivity index (χ1n) is 4.33. The van der Waals surface area contributed by atoms with Crippen LogP contribution in [-0.2, 0) is 6.18 Å². The summed E-state index contributed by atoms with van der Waals surface area (Å²) in [6.07, 6.45) is -4.30. The molecule has 1 nitrogen and oxygen atoms in total. The first-order chi connectivity index (χ1) is 6.89. The molecule has 0 bridgehead atoms. The fraction of sp³-hybridized carbons (Fsp3) is 0.300. The third-order valence-corrected chi connectivity index (χ3v) is 3.16. The van der Waals surface area contributed by atoms with Crippen LogP contribution < -0.4 is 0 Å². The lowest BCUT2D eigenvalue weighted by atomic mass is 10.1. The van der Waals surface area contributed by atoms with Crippen molar-refractivity contribution in [1.82, 2.24) is 4.98 Å². The molecule has 0 amide bonds. The van der Waals surface area contributed by atoms with E-state index in [4.69, 9.17) is 0 Å². The molecule has 5 heteroatoms. The highest BCUT2D eigenvalue weighted by molar-refractivity contribution is 7.18. The number of fused-ring (bicyclic) bond motifs is 1. The number of halogens is 3. The molecule has 0 aliphatic heterocycles. The number of aryl methyl sites for hydroxylation is 2. The van der Waals surface area contributed by atoms with Crippen molar-refractivity contribution >= 4 is 21.6 Å². The molecular weight excluding hydrogens is 223 g/mol. The average molecular weight is 231 g/mol. The Morgan fingerprint density at radius 3 is 2.47 bits per heavy atom. The predicted octanol–water partition coefficient (Wildman–Crippen LogP) is 3.93. The highest BCUT2D eigenvalue weighted by atomic mass is 32.1. The Balaban J connectivity index is 2.85. The fourth-order valence-corrected chi connectivity index (χ4v) is 2.59. The van der Waals surface area contributed by atoms with Crippen molar-refractivity contribution in [3.63, 3.8) is 0 Å². The minimum atomic E-state index is -4.30. The van der Waals surface area contributed by atoms with Crippen molar-refractivity contribution in [3.05, 3.63) is 28.3 Å². The van der Waals surface area contributed by atoms with E-state index in [2.05, 4.69) is 4.98 Å². The van der Waals surface area contributed by atoms with Gasteiger partial charge in [0, 0.05) is 0 Å². The van der Waals surface area contributed by atoms with Gasteiger partial charge in [0.2, 0.25) is 0 Å². The lowest BCUT2D eigenvalue weighted by molar-refractivity contribution is -0.136. The molecule has 1 aromatic carbocycles. The predicted molar refractivity (Wildman–Crippen MR) is 54.1 cm³/mol. The maximum absolute atomic E-state index is 12.8. The molecule has 2 aromatic rings. The summed E-state index contributed by atoms with van der Waals surface area (Å²) < 4.78 is 38.5. The Bertz CT molecular complexity index is 513. The van der Waals surface area contributed by atoms with Crippen LogP contribution in [0.3, 0.4) is 0 Å². The summed E-state index contributed by atoms with van der Waals surface area (Å²) in [6, 6.07) is 3.09. The minimum absolute atomic E-state index is 0.236. The van der Waals surface area contributed by atoms with Crippen LogP contribution >= 0.6 is 11.3 Å². The minimum Gasteiger partial charge on any atom is -0.241 e. The summed E-state index contributed by atoms with van der Waals surface area (Å²) in [5, 5.41) is 0.654. The normalized spacial score (nSPS) is 12.3. The summed E-state index contributed by atoms with van der Waals surface area (Å²) in [5.74, 6) is 0. The standard InChI is InChI=1S/C10H8F3NS/c1-5-3-4-7-9(15-6(2)14-7)8(5)10(11,12)13/h3-4H,1-2H3. The molecule has 0 aliphatic carbocycles. The van der Waals surface area contributed by atoms with E-state index >= 15 is 0 Å². The molecular formula is C10H8F3NS. The van der Waals surface area contributed by atoms with Gasteiger partial charge in [-0.2, -0.15) is 13.2 Å². The van der Waals surface area contributed by atoms with Crippen LogP contribution in [0.5, 0.6) is 0 Å². The van der Waals surface area contributed by atoms with Crippen LogP contribution in [0.1, 0.15) is 16.1 Å². The molecule has 0 fully saturated rings. The Hall–Kier alpha value is -1.10. The lowest BCUT2D eigenvalue weighted by Crippen LogP contribution is -2.07. The van der Waals surface area contributed by atoms with Gasteiger partial charge in [-0.05, 0) is 25.5 Å². The van der Waals surface area contributed by atoms with Crippen LogP contribution in [0.2, 0.25) is 0 Å². The van der Waals surface area contributed by atoms with Crippen molar-refractivity contribution in [2.45, 2.75) is 20.0 Å². The van der Waals surface area contributed by atoms with E-state index in [-0.39, 0.29) is 10.3 Å². The summed E-state index contributed by atoms with van der Waals surface area (Å²) in [6.45, 7) is 3.18. The molecule has 0 saturated carbocycles. The molecule has 15 heavy (non-hydrogen) atoms. The summed E-state index contributed by atoms with van der Waals surface area (Å²) in [5.41, 5.74) is 0.125. The van der Waals surface area contributed by atoms with Gasteiger partial charge in [0.15, 0.2) is 0 Å². The molecule has 0 unspecified atom stereocenters. The zero-order valence-electron chi connectivity index (χ0n) is 8.14. The SMILES string of the molecule is Cc1nc2ccc(C)c(C(F)(F)F)c2s1. The van der Waals surface area contributed by atoms with Crippen molar-refractivity contribution in [2.24, 2.45) is 0 Å². The van der Waals surface area contributed by atoms with Gasteiger partial charge in [0.05, 0.1) is 20.8 Å².